The van der Waals surface area contributed by atoms with Crippen LogP contribution in [0.1, 0.15) is 27.0 Å². The highest BCUT2D eigenvalue weighted by atomic mass is 28.4. The van der Waals surface area contributed by atoms with Gasteiger partial charge >= 0.3 is 11.6 Å². The first-order chi connectivity index (χ1) is 12.2. The van der Waals surface area contributed by atoms with Crippen LogP contribution in [0.4, 0.5) is 8.78 Å². The Labute approximate surface area is 155 Å². The number of nitrogens with one attached hydrogen (secondary N) is 1. The first kappa shape index (κ1) is 21.9. The van der Waals surface area contributed by atoms with E-state index in [1.807, 2.05) is 25.8 Å². The van der Waals surface area contributed by atoms with Crippen LogP contribution < -0.4 is 11.2 Å². The van der Waals surface area contributed by atoms with Crippen LogP contribution in [0, 0.1) is 0 Å². The molecule has 1 unspecified atom stereocenters. The number of ether oxygens (including phenoxy) is 1. The first-order valence-corrected chi connectivity index (χ1v) is 11.4. The third-order valence-corrected chi connectivity index (χ3v) is 9.80. The molecule has 3 N–H and O–H groups in total. The molecule has 1 aromatic rings. The molecule has 11 heteroatoms. The Morgan fingerprint density at radius 2 is 1.85 bits per heavy atom. The summed E-state index contributed by atoms with van der Waals surface area (Å²) in [7, 11) is -2.76. The lowest BCUT2D eigenvalue weighted by atomic mass is 9.96. The molecule has 2 rings (SSSR count). The van der Waals surface area contributed by atoms with E-state index in [1.54, 1.807) is 13.1 Å². The summed E-state index contributed by atoms with van der Waals surface area (Å²) in [4.78, 5) is 25.1. The predicted octanol–water partition coefficient (Wildman–Crippen LogP) is 0.814. The van der Waals surface area contributed by atoms with E-state index in [9.17, 15) is 19.8 Å². The van der Waals surface area contributed by atoms with E-state index in [1.165, 1.54) is 0 Å². The highest BCUT2D eigenvalue weighted by Crippen LogP contribution is 2.51. The molecule has 0 saturated carbocycles. The van der Waals surface area contributed by atoms with Crippen molar-refractivity contribution < 1.29 is 28.2 Å². The van der Waals surface area contributed by atoms with E-state index in [0.29, 0.717) is 4.57 Å². The van der Waals surface area contributed by atoms with Gasteiger partial charge < -0.3 is 19.4 Å². The van der Waals surface area contributed by atoms with Crippen LogP contribution >= 0.6 is 0 Å². The molecule has 1 fully saturated rings. The van der Waals surface area contributed by atoms with Crippen LogP contribution in [0.25, 0.3) is 0 Å². The average molecular weight is 408 g/mol. The van der Waals surface area contributed by atoms with Crippen LogP contribution in [0.3, 0.4) is 0 Å². The molecular formula is C16H26F2N2O6Si. The number of aromatic nitrogens is 2. The second kappa shape index (κ2) is 6.89. The first-order valence-electron chi connectivity index (χ1n) is 8.48. The standard InChI is InChI=1S/C16H26F2N2O6Si/c1-14(2,3)27(4,5)26-11-15(8-21,9-22)25-12(16(11,17)18)20-7-6-10(23)19-13(20)24/h6-7,11-12,21-22H,8-9H2,1-5H3,(H,19,23,24)/t11?,12-/m1/s1. The summed E-state index contributed by atoms with van der Waals surface area (Å²) in [6, 6.07) is 0.905. The largest absolute Gasteiger partial charge is 0.405 e. The van der Waals surface area contributed by atoms with Crippen LogP contribution in [-0.4, -0.2) is 58.9 Å². The Balaban J connectivity index is 2.57. The molecule has 1 saturated heterocycles. The Bertz CT molecular complexity index is 797. The Morgan fingerprint density at radius 1 is 1.30 bits per heavy atom. The van der Waals surface area contributed by atoms with E-state index in [-0.39, 0.29) is 0 Å². The van der Waals surface area contributed by atoms with Crippen LogP contribution in [0.2, 0.25) is 18.1 Å². The van der Waals surface area contributed by atoms with Crippen molar-refractivity contribution in [1.82, 2.24) is 9.55 Å². The number of rotatable bonds is 5. The second-order valence-corrected chi connectivity index (χ2v) is 13.1. The molecule has 0 amide bonds. The monoisotopic (exact) mass is 408 g/mol. The van der Waals surface area contributed by atoms with Gasteiger partial charge in [-0.3, -0.25) is 14.3 Å². The van der Waals surface area contributed by atoms with Gasteiger partial charge in [0.15, 0.2) is 8.32 Å². The summed E-state index contributed by atoms with van der Waals surface area (Å²) in [6.07, 6.45) is -3.26. The van der Waals surface area contributed by atoms with E-state index >= 15 is 8.78 Å². The molecule has 1 aliphatic heterocycles. The SMILES string of the molecule is CC(C)(C)[Si](C)(C)OC1C(CO)(CO)O[C@@H](n2ccc(=O)[nH]c2=O)C1(F)F. The fourth-order valence-electron chi connectivity index (χ4n) is 2.64. The normalized spacial score (nSPS) is 24.9. The van der Waals surface area contributed by atoms with Gasteiger partial charge in [-0.25, -0.2) is 4.79 Å². The van der Waals surface area contributed by atoms with Gasteiger partial charge in [-0.1, -0.05) is 20.8 Å². The van der Waals surface area contributed by atoms with E-state index < -0.39 is 61.7 Å². The van der Waals surface area contributed by atoms with Gasteiger partial charge in [0.25, 0.3) is 5.56 Å². The minimum atomic E-state index is -3.76. The molecule has 1 aliphatic rings. The fraction of sp³-hybridized carbons (Fsp3) is 0.750. The van der Waals surface area contributed by atoms with Crippen LogP contribution in [0.5, 0.6) is 0 Å². The molecule has 8 nitrogen and oxygen atoms in total. The Kier molecular flexibility index (Phi) is 5.58. The number of aliphatic hydroxyl groups excluding tert-OH is 2. The number of aliphatic hydroxyl groups is 2. The van der Waals surface area contributed by atoms with Gasteiger partial charge in [0.1, 0.15) is 11.7 Å². The minimum Gasteiger partial charge on any atom is -0.405 e. The maximum atomic E-state index is 15.3. The van der Waals surface area contributed by atoms with Crippen LogP contribution in [-0.2, 0) is 9.16 Å². The van der Waals surface area contributed by atoms with Gasteiger partial charge in [0.05, 0.1) is 13.2 Å². The van der Waals surface area contributed by atoms with Crippen molar-refractivity contribution in [2.45, 2.75) is 62.8 Å². The maximum Gasteiger partial charge on any atom is 0.330 e. The Morgan fingerprint density at radius 3 is 2.30 bits per heavy atom. The van der Waals surface area contributed by atoms with Crippen molar-refractivity contribution in [3.05, 3.63) is 33.1 Å². The molecule has 1 aromatic heterocycles. The summed E-state index contributed by atoms with van der Waals surface area (Å²) in [6.45, 7) is 7.20. The molecule has 154 valence electrons. The highest BCUT2D eigenvalue weighted by Gasteiger charge is 2.69. The summed E-state index contributed by atoms with van der Waals surface area (Å²) in [5, 5.41) is 19.1. The smallest absolute Gasteiger partial charge is 0.330 e. The lowest BCUT2D eigenvalue weighted by molar-refractivity contribution is -0.154. The number of aromatic amines is 1. The fourth-order valence-corrected chi connectivity index (χ4v) is 3.96. The van der Waals surface area contributed by atoms with E-state index in [0.717, 1.165) is 12.3 Å². The zero-order valence-corrected chi connectivity index (χ0v) is 17.0. The third-order valence-electron chi connectivity index (χ3n) is 5.36. The van der Waals surface area contributed by atoms with Crippen molar-refractivity contribution in [2.24, 2.45) is 0 Å². The zero-order chi connectivity index (χ0) is 20.8. The minimum absolute atomic E-state index is 0.424. The number of halogens is 2. The topological polar surface area (TPSA) is 114 Å². The van der Waals surface area contributed by atoms with Crippen molar-refractivity contribution in [2.75, 3.05) is 13.2 Å². The number of H-pyrrole nitrogens is 1. The van der Waals surface area contributed by atoms with Gasteiger partial charge in [-0.2, -0.15) is 8.78 Å². The average Bonchev–Trinajstić information content (AvgIpc) is 2.75. The molecule has 27 heavy (non-hydrogen) atoms. The molecule has 2 heterocycles. The number of nitrogens with zero attached hydrogens (tertiary/aromatic N) is 1. The quantitative estimate of drug-likeness (QED) is 0.622. The van der Waals surface area contributed by atoms with E-state index in [4.69, 9.17) is 9.16 Å². The van der Waals surface area contributed by atoms with Crippen molar-refractivity contribution in [3.8, 4) is 0 Å². The molecule has 0 radical (unpaired) electrons. The van der Waals surface area contributed by atoms with Crippen molar-refractivity contribution in [1.29, 1.82) is 0 Å². The number of alkyl halides is 2. The molecular weight excluding hydrogens is 382 g/mol. The van der Waals surface area contributed by atoms with Crippen molar-refractivity contribution in [3.63, 3.8) is 0 Å². The Hall–Kier alpha value is -1.40. The molecule has 0 aliphatic carbocycles. The summed E-state index contributed by atoms with van der Waals surface area (Å²) >= 11 is 0. The molecule has 0 aromatic carbocycles. The van der Waals surface area contributed by atoms with E-state index in [2.05, 4.69) is 0 Å². The highest BCUT2D eigenvalue weighted by molar-refractivity contribution is 6.74. The molecule has 2 atom stereocenters. The zero-order valence-electron chi connectivity index (χ0n) is 16.0. The van der Waals surface area contributed by atoms with Gasteiger partial charge in [-0.05, 0) is 18.1 Å². The second-order valence-electron chi connectivity index (χ2n) is 8.30. The van der Waals surface area contributed by atoms with Crippen LogP contribution in [0.15, 0.2) is 21.9 Å². The summed E-state index contributed by atoms with van der Waals surface area (Å²) < 4.78 is 42.4. The number of hydrogen-bond donors (Lipinski definition) is 3. The van der Waals surface area contributed by atoms with Gasteiger partial charge in [-0.15, -0.1) is 0 Å². The lowest BCUT2D eigenvalue weighted by Gasteiger charge is -2.42. The lowest BCUT2D eigenvalue weighted by Crippen LogP contribution is -2.58. The number of hydrogen-bond acceptors (Lipinski definition) is 6. The summed E-state index contributed by atoms with van der Waals surface area (Å²) in [5.41, 5.74) is -3.95. The van der Waals surface area contributed by atoms with Gasteiger partial charge in [0.2, 0.25) is 6.23 Å². The molecule has 0 bridgehead atoms. The summed E-state index contributed by atoms with van der Waals surface area (Å²) in [5.74, 6) is -3.76. The van der Waals surface area contributed by atoms with Gasteiger partial charge in [0, 0.05) is 12.3 Å². The predicted molar refractivity (Wildman–Crippen MR) is 95.4 cm³/mol. The van der Waals surface area contributed by atoms with Crippen molar-refractivity contribution >= 4 is 8.32 Å². The maximum absolute atomic E-state index is 15.3. The third kappa shape index (κ3) is 3.66. The molecule has 0 spiro atoms.